The van der Waals surface area contributed by atoms with Crippen LogP contribution in [0.25, 0.3) is 10.8 Å². The smallest absolute Gasteiger partial charge is 0.338 e. The number of benzene rings is 2. The van der Waals surface area contributed by atoms with E-state index in [1.54, 1.807) is 24.3 Å². The van der Waals surface area contributed by atoms with Crippen molar-refractivity contribution in [2.24, 2.45) is 5.92 Å². The number of carbonyl (C=O) groups excluding carboxylic acids is 1. The van der Waals surface area contributed by atoms with Crippen LogP contribution in [0.1, 0.15) is 36.0 Å². The van der Waals surface area contributed by atoms with Gasteiger partial charge in [0.2, 0.25) is 0 Å². The molecule has 0 bridgehead atoms. The van der Waals surface area contributed by atoms with Crippen LogP contribution in [0.5, 0.6) is 0 Å². The van der Waals surface area contributed by atoms with Crippen molar-refractivity contribution in [1.82, 2.24) is 0 Å². The predicted octanol–water partition coefficient (Wildman–Crippen LogP) is 4.33. The fourth-order valence-corrected chi connectivity index (χ4v) is 2.89. The third-order valence-corrected chi connectivity index (χ3v) is 4.02. The maximum atomic E-state index is 13.7. The Morgan fingerprint density at radius 1 is 1.10 bits per heavy atom. The summed E-state index contributed by atoms with van der Waals surface area (Å²) in [4.78, 5) is 12.2. The van der Waals surface area contributed by atoms with Crippen LogP contribution in [-0.2, 0) is 4.74 Å². The summed E-state index contributed by atoms with van der Waals surface area (Å²) in [5, 5.41) is 1.08. The van der Waals surface area contributed by atoms with Crippen molar-refractivity contribution >= 4 is 16.7 Å². The lowest BCUT2D eigenvalue weighted by Gasteiger charge is -2.11. The molecule has 0 amide bonds. The maximum absolute atomic E-state index is 13.7. The Morgan fingerprint density at radius 3 is 2.55 bits per heavy atom. The molecule has 1 saturated carbocycles. The normalized spacial score (nSPS) is 15.7. The Labute approximate surface area is 117 Å². The molecule has 20 heavy (non-hydrogen) atoms. The molecule has 1 aliphatic carbocycles. The number of fused-ring (bicyclic) bond motifs is 1. The number of rotatable bonds is 3. The Morgan fingerprint density at radius 2 is 1.80 bits per heavy atom. The highest BCUT2D eigenvalue weighted by atomic mass is 19.1. The molecular formula is C17H17FO2. The molecule has 2 nitrogen and oxygen atoms in total. The molecule has 1 aliphatic rings. The molecular weight excluding hydrogens is 255 g/mol. The van der Waals surface area contributed by atoms with E-state index in [9.17, 15) is 9.18 Å². The average Bonchev–Trinajstić information content (AvgIpc) is 2.99. The first-order valence-electron chi connectivity index (χ1n) is 7.10. The van der Waals surface area contributed by atoms with Gasteiger partial charge in [-0.25, -0.2) is 9.18 Å². The molecule has 0 radical (unpaired) electrons. The number of halogens is 1. The Kier molecular flexibility index (Phi) is 3.68. The van der Waals surface area contributed by atoms with Gasteiger partial charge in [-0.2, -0.15) is 0 Å². The minimum Gasteiger partial charge on any atom is -0.462 e. The highest BCUT2D eigenvalue weighted by Crippen LogP contribution is 2.26. The van der Waals surface area contributed by atoms with Crippen LogP contribution >= 0.6 is 0 Å². The maximum Gasteiger partial charge on any atom is 0.338 e. The standard InChI is InChI=1S/C17H17FO2/c18-16-10-9-15(13-7-3-4-8-14(13)16)17(19)20-11-12-5-1-2-6-12/h3-4,7-10,12H,1-2,5-6,11H2. The van der Waals surface area contributed by atoms with Crippen LogP contribution in [-0.4, -0.2) is 12.6 Å². The lowest BCUT2D eigenvalue weighted by atomic mass is 10.0. The molecule has 0 spiro atoms. The zero-order valence-corrected chi connectivity index (χ0v) is 11.3. The molecule has 0 saturated heterocycles. The minimum absolute atomic E-state index is 0.312. The monoisotopic (exact) mass is 272 g/mol. The number of hydrogen-bond donors (Lipinski definition) is 0. The molecule has 0 atom stereocenters. The third kappa shape index (κ3) is 2.53. The van der Waals surface area contributed by atoms with Crippen LogP contribution in [0, 0.1) is 11.7 Å². The fourth-order valence-electron chi connectivity index (χ4n) is 2.89. The fraction of sp³-hybridized carbons (Fsp3) is 0.353. The second-order valence-corrected chi connectivity index (χ2v) is 5.39. The summed E-state index contributed by atoms with van der Waals surface area (Å²) in [5.41, 5.74) is 0.444. The molecule has 2 aromatic rings. The molecule has 3 heteroatoms. The van der Waals surface area contributed by atoms with E-state index in [0.717, 1.165) is 12.8 Å². The van der Waals surface area contributed by atoms with Crippen molar-refractivity contribution in [3.8, 4) is 0 Å². The van der Waals surface area contributed by atoms with Gasteiger partial charge in [0, 0.05) is 5.39 Å². The molecule has 0 heterocycles. The van der Waals surface area contributed by atoms with Crippen molar-refractivity contribution in [2.45, 2.75) is 25.7 Å². The van der Waals surface area contributed by atoms with Crippen LogP contribution in [0.3, 0.4) is 0 Å². The van der Waals surface area contributed by atoms with E-state index in [1.165, 1.54) is 25.0 Å². The minimum atomic E-state index is -0.354. The molecule has 2 aromatic carbocycles. The van der Waals surface area contributed by atoms with Crippen molar-refractivity contribution in [3.63, 3.8) is 0 Å². The van der Waals surface area contributed by atoms with E-state index in [4.69, 9.17) is 4.74 Å². The van der Waals surface area contributed by atoms with Crippen molar-refractivity contribution in [1.29, 1.82) is 0 Å². The van der Waals surface area contributed by atoms with E-state index >= 15 is 0 Å². The number of ether oxygens (including phenoxy) is 1. The first kappa shape index (κ1) is 13.1. The summed E-state index contributed by atoms with van der Waals surface area (Å²) in [6.45, 7) is 0.477. The lowest BCUT2D eigenvalue weighted by Crippen LogP contribution is -2.12. The van der Waals surface area contributed by atoms with Gasteiger partial charge in [-0.05, 0) is 36.3 Å². The van der Waals surface area contributed by atoms with Crippen LogP contribution in [0.2, 0.25) is 0 Å². The summed E-state index contributed by atoms with van der Waals surface area (Å²) < 4.78 is 19.1. The van der Waals surface area contributed by atoms with Crippen LogP contribution < -0.4 is 0 Å². The number of hydrogen-bond acceptors (Lipinski definition) is 2. The Balaban J connectivity index is 1.82. The molecule has 0 aromatic heterocycles. The summed E-state index contributed by atoms with van der Waals surface area (Å²) in [5.74, 6) is -0.174. The van der Waals surface area contributed by atoms with E-state index in [2.05, 4.69) is 0 Å². The molecule has 0 unspecified atom stereocenters. The first-order chi connectivity index (χ1) is 9.75. The van der Waals surface area contributed by atoms with E-state index < -0.39 is 0 Å². The molecule has 0 N–H and O–H groups in total. The molecule has 3 rings (SSSR count). The van der Waals surface area contributed by atoms with E-state index in [-0.39, 0.29) is 11.8 Å². The van der Waals surface area contributed by atoms with Gasteiger partial charge in [0.15, 0.2) is 0 Å². The zero-order valence-electron chi connectivity index (χ0n) is 11.3. The summed E-state index contributed by atoms with van der Waals surface area (Å²) in [6, 6.07) is 9.83. The quantitative estimate of drug-likeness (QED) is 0.777. The largest absolute Gasteiger partial charge is 0.462 e. The SMILES string of the molecule is O=C(OCC1CCCC1)c1ccc(F)c2ccccc12. The number of carbonyl (C=O) groups is 1. The molecule has 1 fully saturated rings. The van der Waals surface area contributed by atoms with E-state index in [0.29, 0.717) is 28.9 Å². The van der Waals surface area contributed by atoms with Gasteiger partial charge in [-0.3, -0.25) is 0 Å². The second-order valence-electron chi connectivity index (χ2n) is 5.39. The van der Waals surface area contributed by atoms with Gasteiger partial charge in [0.25, 0.3) is 0 Å². The predicted molar refractivity (Wildman–Crippen MR) is 76.1 cm³/mol. The molecule has 104 valence electrons. The van der Waals surface area contributed by atoms with Crippen LogP contribution in [0.4, 0.5) is 4.39 Å². The first-order valence-corrected chi connectivity index (χ1v) is 7.10. The highest BCUT2D eigenvalue weighted by molar-refractivity contribution is 6.04. The second kappa shape index (κ2) is 5.61. The van der Waals surface area contributed by atoms with Gasteiger partial charge in [0.1, 0.15) is 5.82 Å². The van der Waals surface area contributed by atoms with Crippen molar-refractivity contribution in [2.75, 3.05) is 6.61 Å². The summed E-state index contributed by atoms with van der Waals surface area (Å²) in [6.07, 6.45) is 4.72. The van der Waals surface area contributed by atoms with Crippen molar-refractivity contribution in [3.05, 3.63) is 47.8 Å². The lowest BCUT2D eigenvalue weighted by molar-refractivity contribution is 0.0445. The average molecular weight is 272 g/mol. The van der Waals surface area contributed by atoms with Gasteiger partial charge in [-0.15, -0.1) is 0 Å². The summed E-state index contributed by atoms with van der Waals surface area (Å²) >= 11 is 0. The van der Waals surface area contributed by atoms with Crippen molar-refractivity contribution < 1.29 is 13.9 Å². The molecule has 0 aliphatic heterocycles. The third-order valence-electron chi connectivity index (χ3n) is 4.02. The van der Waals surface area contributed by atoms with Gasteiger partial charge in [-0.1, -0.05) is 37.1 Å². The van der Waals surface area contributed by atoms with Crippen LogP contribution in [0.15, 0.2) is 36.4 Å². The summed E-state index contributed by atoms with van der Waals surface area (Å²) in [7, 11) is 0. The van der Waals surface area contributed by atoms with Gasteiger partial charge >= 0.3 is 5.97 Å². The van der Waals surface area contributed by atoms with Gasteiger partial charge < -0.3 is 4.74 Å². The Hall–Kier alpha value is -1.90. The Bertz CT molecular complexity index is 630. The zero-order chi connectivity index (χ0) is 13.9. The topological polar surface area (TPSA) is 26.3 Å². The van der Waals surface area contributed by atoms with Gasteiger partial charge in [0.05, 0.1) is 12.2 Å². The number of esters is 1. The van der Waals surface area contributed by atoms with E-state index in [1.807, 2.05) is 0 Å². The highest BCUT2D eigenvalue weighted by Gasteiger charge is 2.19.